The van der Waals surface area contributed by atoms with Gasteiger partial charge in [0.05, 0.1) is 0 Å². The Bertz CT molecular complexity index is 911. The SMILES string of the molecule is O=C(CCNc1ccc2nccnc2n1)N1CCN(c2ncccn2)CC1. The highest BCUT2D eigenvalue weighted by Crippen LogP contribution is 2.12. The van der Waals surface area contributed by atoms with Crippen molar-refractivity contribution < 1.29 is 4.79 Å². The van der Waals surface area contributed by atoms with Gasteiger partial charge in [-0.1, -0.05) is 0 Å². The topological polar surface area (TPSA) is 100 Å². The minimum absolute atomic E-state index is 0.136. The molecule has 1 aliphatic heterocycles. The molecule has 0 bridgehead atoms. The van der Waals surface area contributed by atoms with Crippen LogP contribution in [0.5, 0.6) is 0 Å². The van der Waals surface area contributed by atoms with Crippen LogP contribution in [0.4, 0.5) is 11.8 Å². The summed E-state index contributed by atoms with van der Waals surface area (Å²) in [6.07, 6.45) is 7.14. The van der Waals surface area contributed by atoms with Crippen LogP contribution >= 0.6 is 0 Å². The van der Waals surface area contributed by atoms with Crippen LogP contribution in [0.25, 0.3) is 11.2 Å². The lowest BCUT2D eigenvalue weighted by Crippen LogP contribution is -2.49. The molecule has 138 valence electrons. The zero-order valence-corrected chi connectivity index (χ0v) is 14.8. The van der Waals surface area contributed by atoms with Gasteiger partial charge in [-0.2, -0.15) is 0 Å². The van der Waals surface area contributed by atoms with Gasteiger partial charge in [0.15, 0.2) is 5.65 Å². The number of hydrogen-bond acceptors (Lipinski definition) is 8. The van der Waals surface area contributed by atoms with Crippen LogP contribution in [0.15, 0.2) is 43.0 Å². The Labute approximate surface area is 156 Å². The number of carbonyl (C=O) groups excluding carboxylic acids is 1. The first kappa shape index (κ1) is 17.1. The third-order valence-corrected chi connectivity index (χ3v) is 4.44. The molecule has 1 aliphatic rings. The van der Waals surface area contributed by atoms with Crippen molar-refractivity contribution in [3.05, 3.63) is 43.0 Å². The van der Waals surface area contributed by atoms with Crippen molar-refractivity contribution in [3.8, 4) is 0 Å². The summed E-state index contributed by atoms with van der Waals surface area (Å²) in [7, 11) is 0. The lowest BCUT2D eigenvalue weighted by molar-refractivity contribution is -0.131. The Morgan fingerprint density at radius 3 is 2.56 bits per heavy atom. The number of amides is 1. The fourth-order valence-electron chi connectivity index (χ4n) is 3.02. The number of fused-ring (bicyclic) bond motifs is 1. The minimum Gasteiger partial charge on any atom is -0.369 e. The Morgan fingerprint density at radius 1 is 0.963 bits per heavy atom. The average Bonchev–Trinajstić information content (AvgIpc) is 2.74. The van der Waals surface area contributed by atoms with Crippen LogP contribution in [-0.2, 0) is 4.79 Å². The molecule has 3 aromatic heterocycles. The van der Waals surface area contributed by atoms with Crippen LogP contribution in [-0.4, -0.2) is 68.5 Å². The number of anilines is 2. The molecular formula is C18H20N8O. The molecule has 1 amide bonds. The fraction of sp³-hybridized carbons (Fsp3) is 0.333. The molecule has 27 heavy (non-hydrogen) atoms. The normalized spacial score (nSPS) is 14.4. The summed E-state index contributed by atoms with van der Waals surface area (Å²) in [6, 6.07) is 5.51. The van der Waals surface area contributed by atoms with Crippen molar-refractivity contribution in [1.82, 2.24) is 29.8 Å². The smallest absolute Gasteiger partial charge is 0.225 e. The molecule has 0 aliphatic carbocycles. The largest absolute Gasteiger partial charge is 0.369 e. The third kappa shape index (κ3) is 4.08. The van der Waals surface area contributed by atoms with E-state index in [0.29, 0.717) is 37.5 Å². The van der Waals surface area contributed by atoms with E-state index in [9.17, 15) is 4.79 Å². The van der Waals surface area contributed by atoms with Crippen molar-refractivity contribution >= 4 is 28.8 Å². The average molecular weight is 364 g/mol. The second-order valence-electron chi connectivity index (χ2n) is 6.19. The van der Waals surface area contributed by atoms with Crippen LogP contribution in [0.3, 0.4) is 0 Å². The number of pyridine rings is 1. The predicted molar refractivity (Wildman–Crippen MR) is 101 cm³/mol. The minimum atomic E-state index is 0.136. The van der Waals surface area contributed by atoms with E-state index in [1.54, 1.807) is 30.9 Å². The Hall–Kier alpha value is -3.36. The summed E-state index contributed by atoms with van der Waals surface area (Å²) in [6.45, 7) is 3.38. The molecule has 3 aromatic rings. The second-order valence-corrected chi connectivity index (χ2v) is 6.19. The number of carbonyl (C=O) groups is 1. The Balaban J connectivity index is 1.25. The number of rotatable bonds is 5. The highest BCUT2D eigenvalue weighted by atomic mass is 16.2. The van der Waals surface area contributed by atoms with E-state index in [2.05, 4.69) is 35.1 Å². The quantitative estimate of drug-likeness (QED) is 0.715. The lowest BCUT2D eigenvalue weighted by atomic mass is 10.3. The van der Waals surface area contributed by atoms with Gasteiger partial charge in [0.1, 0.15) is 11.3 Å². The first-order chi connectivity index (χ1) is 13.3. The summed E-state index contributed by atoms with van der Waals surface area (Å²) in [5.74, 6) is 1.55. The van der Waals surface area contributed by atoms with E-state index in [4.69, 9.17) is 0 Å². The molecule has 0 unspecified atom stereocenters. The van der Waals surface area contributed by atoms with Crippen LogP contribution in [0.1, 0.15) is 6.42 Å². The molecule has 9 heteroatoms. The maximum Gasteiger partial charge on any atom is 0.225 e. The van der Waals surface area contributed by atoms with Gasteiger partial charge >= 0.3 is 0 Å². The highest BCUT2D eigenvalue weighted by molar-refractivity contribution is 5.77. The molecule has 1 N–H and O–H groups in total. The zero-order chi connectivity index (χ0) is 18.5. The molecule has 0 atom stereocenters. The van der Waals surface area contributed by atoms with E-state index in [1.165, 1.54) is 0 Å². The second kappa shape index (κ2) is 7.90. The van der Waals surface area contributed by atoms with Gasteiger partial charge in [-0.25, -0.2) is 19.9 Å². The van der Waals surface area contributed by atoms with Crippen LogP contribution in [0.2, 0.25) is 0 Å². The molecule has 0 aromatic carbocycles. The molecule has 0 saturated carbocycles. The summed E-state index contributed by atoms with van der Waals surface area (Å²) in [5, 5.41) is 3.18. The molecule has 1 saturated heterocycles. The molecule has 4 heterocycles. The van der Waals surface area contributed by atoms with E-state index in [1.807, 2.05) is 17.0 Å². The van der Waals surface area contributed by atoms with Gasteiger partial charge < -0.3 is 15.1 Å². The standard InChI is InChI=1S/C18H20N8O/c27-16(25-10-12-26(13-11-25)18-22-5-1-6-23-18)4-7-20-15-3-2-14-17(24-15)21-9-8-19-14/h1-3,5-6,8-9H,4,7,10-13H2,(H,20,21,24). The van der Waals surface area contributed by atoms with Crippen molar-refractivity contribution in [2.45, 2.75) is 6.42 Å². The third-order valence-electron chi connectivity index (χ3n) is 4.44. The monoisotopic (exact) mass is 364 g/mol. The summed E-state index contributed by atoms with van der Waals surface area (Å²) in [4.78, 5) is 37.7. The lowest BCUT2D eigenvalue weighted by Gasteiger charge is -2.34. The van der Waals surface area contributed by atoms with Gasteiger partial charge in [0.25, 0.3) is 0 Å². The molecular weight excluding hydrogens is 344 g/mol. The van der Waals surface area contributed by atoms with Gasteiger partial charge in [0.2, 0.25) is 11.9 Å². The first-order valence-electron chi connectivity index (χ1n) is 8.91. The van der Waals surface area contributed by atoms with Crippen LogP contribution in [0, 0.1) is 0 Å². The number of aromatic nitrogens is 5. The zero-order valence-electron chi connectivity index (χ0n) is 14.8. The predicted octanol–water partition coefficient (Wildman–Crippen LogP) is 0.966. The number of hydrogen-bond donors (Lipinski definition) is 1. The molecule has 1 fully saturated rings. The molecule has 4 rings (SSSR count). The molecule has 0 spiro atoms. The molecule has 0 radical (unpaired) electrons. The highest BCUT2D eigenvalue weighted by Gasteiger charge is 2.22. The van der Waals surface area contributed by atoms with Gasteiger partial charge in [-0.15, -0.1) is 0 Å². The summed E-state index contributed by atoms with van der Waals surface area (Å²) >= 11 is 0. The first-order valence-corrected chi connectivity index (χ1v) is 8.91. The number of nitrogens with one attached hydrogen (secondary N) is 1. The maximum absolute atomic E-state index is 12.4. The van der Waals surface area contributed by atoms with Crippen LogP contribution < -0.4 is 10.2 Å². The summed E-state index contributed by atoms with van der Waals surface area (Å²) < 4.78 is 0. The number of nitrogens with zero attached hydrogens (tertiary/aromatic N) is 7. The van der Waals surface area contributed by atoms with Crippen molar-refractivity contribution in [1.29, 1.82) is 0 Å². The van der Waals surface area contributed by atoms with E-state index in [-0.39, 0.29) is 5.91 Å². The Kier molecular flexibility index (Phi) is 4.99. The van der Waals surface area contributed by atoms with Crippen molar-refractivity contribution in [2.75, 3.05) is 42.9 Å². The summed E-state index contributed by atoms with van der Waals surface area (Å²) in [5.41, 5.74) is 1.34. The van der Waals surface area contributed by atoms with Gasteiger partial charge in [-0.05, 0) is 18.2 Å². The molecule has 9 nitrogen and oxygen atoms in total. The van der Waals surface area contributed by atoms with E-state index in [0.717, 1.165) is 24.6 Å². The Morgan fingerprint density at radius 2 is 1.74 bits per heavy atom. The number of piperazine rings is 1. The van der Waals surface area contributed by atoms with Crippen molar-refractivity contribution in [2.24, 2.45) is 0 Å². The van der Waals surface area contributed by atoms with E-state index < -0.39 is 0 Å². The van der Waals surface area contributed by atoms with E-state index >= 15 is 0 Å². The van der Waals surface area contributed by atoms with Crippen molar-refractivity contribution in [3.63, 3.8) is 0 Å². The van der Waals surface area contributed by atoms with Gasteiger partial charge in [-0.3, -0.25) is 9.78 Å². The fourth-order valence-corrected chi connectivity index (χ4v) is 3.02. The maximum atomic E-state index is 12.4. The van der Waals surface area contributed by atoms with Gasteiger partial charge in [0, 0.05) is 63.9 Å².